The molecule has 0 radical (unpaired) electrons. The molecule has 0 unspecified atom stereocenters. The first-order chi connectivity index (χ1) is 8.19. The molecule has 0 amide bonds. The van der Waals surface area contributed by atoms with E-state index < -0.39 is 0 Å². The zero-order chi connectivity index (χ0) is 12.3. The molecule has 86 valence electrons. The first-order valence-electron chi connectivity index (χ1n) is 4.87. The molecule has 2 aromatic rings. The number of carbonyl (C=O) groups is 1. The van der Waals surface area contributed by atoms with Crippen LogP contribution in [0.2, 0.25) is 0 Å². The third-order valence-corrected chi connectivity index (χ3v) is 3.73. The first-order valence-corrected chi connectivity index (χ1v) is 6.48. The number of carbonyl (C=O) groups excluding carboxylic acids is 1. The molecule has 0 atom stereocenters. The van der Waals surface area contributed by atoms with Gasteiger partial charge >= 0.3 is 0 Å². The van der Waals surface area contributed by atoms with Crippen LogP contribution in [0.5, 0.6) is 0 Å². The van der Waals surface area contributed by atoms with E-state index in [2.05, 4.69) is 15.9 Å². The number of benzene rings is 2. The average molecular weight is 311 g/mol. The van der Waals surface area contributed by atoms with Crippen molar-refractivity contribution >= 4 is 34.0 Å². The van der Waals surface area contributed by atoms with Gasteiger partial charge in [-0.3, -0.25) is 4.79 Å². The summed E-state index contributed by atoms with van der Waals surface area (Å²) in [6.45, 7) is 0. The molecule has 0 saturated carbocycles. The minimum Gasteiger partial charge on any atom is -0.298 e. The molecule has 0 fully saturated rings. The third kappa shape index (κ3) is 3.17. The molecule has 0 aliphatic heterocycles. The van der Waals surface area contributed by atoms with Crippen LogP contribution in [0.25, 0.3) is 0 Å². The fourth-order valence-electron chi connectivity index (χ4n) is 1.33. The molecule has 0 bridgehead atoms. The Labute approximate surface area is 111 Å². The minimum absolute atomic E-state index is 0.263. The maximum atomic E-state index is 12.8. The van der Waals surface area contributed by atoms with Gasteiger partial charge in [0.05, 0.1) is 0 Å². The quantitative estimate of drug-likeness (QED) is 0.773. The Balaban J connectivity index is 2.29. The van der Waals surface area contributed by atoms with Gasteiger partial charge in [-0.05, 0) is 42.5 Å². The average Bonchev–Trinajstić information content (AvgIpc) is 2.34. The van der Waals surface area contributed by atoms with E-state index in [1.807, 2.05) is 12.1 Å². The summed E-state index contributed by atoms with van der Waals surface area (Å²) >= 11 is 4.75. The first kappa shape index (κ1) is 12.3. The summed E-state index contributed by atoms with van der Waals surface area (Å²) in [5, 5.41) is 0. The smallest absolute Gasteiger partial charge is 0.151 e. The van der Waals surface area contributed by atoms with Gasteiger partial charge in [0.1, 0.15) is 5.82 Å². The van der Waals surface area contributed by atoms with Gasteiger partial charge in [-0.25, -0.2) is 4.39 Å². The monoisotopic (exact) mass is 310 g/mol. The molecule has 0 heterocycles. The SMILES string of the molecule is O=Cc1cc(Br)ccc1Sc1ccc(F)cc1. The van der Waals surface area contributed by atoms with Crippen molar-refractivity contribution in [1.29, 1.82) is 0 Å². The van der Waals surface area contributed by atoms with Gasteiger partial charge in [0.25, 0.3) is 0 Å². The largest absolute Gasteiger partial charge is 0.298 e. The normalized spacial score (nSPS) is 10.2. The lowest BCUT2D eigenvalue weighted by Gasteiger charge is -2.05. The third-order valence-electron chi connectivity index (χ3n) is 2.14. The van der Waals surface area contributed by atoms with Crippen molar-refractivity contribution in [3.63, 3.8) is 0 Å². The molecule has 0 aliphatic carbocycles. The number of rotatable bonds is 3. The number of hydrogen-bond acceptors (Lipinski definition) is 2. The van der Waals surface area contributed by atoms with E-state index in [0.717, 1.165) is 20.5 Å². The number of aldehydes is 1. The molecule has 0 N–H and O–H groups in total. The Morgan fingerprint density at radius 3 is 2.47 bits per heavy atom. The summed E-state index contributed by atoms with van der Waals surface area (Å²) in [6, 6.07) is 11.7. The van der Waals surface area contributed by atoms with Crippen molar-refractivity contribution in [2.24, 2.45) is 0 Å². The molecule has 0 saturated heterocycles. The maximum absolute atomic E-state index is 12.8. The van der Waals surface area contributed by atoms with Gasteiger partial charge < -0.3 is 0 Å². The second kappa shape index (κ2) is 5.47. The van der Waals surface area contributed by atoms with E-state index in [-0.39, 0.29) is 5.82 Å². The molecule has 0 spiro atoms. The zero-order valence-corrected chi connectivity index (χ0v) is 11.1. The van der Waals surface area contributed by atoms with Crippen LogP contribution in [0.1, 0.15) is 10.4 Å². The summed E-state index contributed by atoms with van der Waals surface area (Å²) < 4.78 is 13.6. The molecular weight excluding hydrogens is 303 g/mol. The van der Waals surface area contributed by atoms with E-state index in [1.54, 1.807) is 18.2 Å². The molecule has 1 nitrogen and oxygen atoms in total. The van der Waals surface area contributed by atoms with Crippen molar-refractivity contribution in [2.45, 2.75) is 9.79 Å². The van der Waals surface area contributed by atoms with Crippen LogP contribution < -0.4 is 0 Å². The Hall–Kier alpha value is -1.13. The van der Waals surface area contributed by atoms with Gasteiger partial charge in [0.2, 0.25) is 0 Å². The van der Waals surface area contributed by atoms with Crippen molar-refractivity contribution in [2.75, 3.05) is 0 Å². The van der Waals surface area contributed by atoms with Gasteiger partial charge in [-0.2, -0.15) is 0 Å². The van der Waals surface area contributed by atoms with Crippen LogP contribution in [0.3, 0.4) is 0 Å². The summed E-state index contributed by atoms with van der Waals surface area (Å²) in [4.78, 5) is 12.7. The maximum Gasteiger partial charge on any atom is 0.151 e. The molecule has 0 aliphatic rings. The highest BCUT2D eigenvalue weighted by atomic mass is 79.9. The highest BCUT2D eigenvalue weighted by Crippen LogP contribution is 2.31. The van der Waals surface area contributed by atoms with E-state index in [4.69, 9.17) is 0 Å². The molecular formula is C13H8BrFOS. The second-order valence-electron chi connectivity index (χ2n) is 3.36. The van der Waals surface area contributed by atoms with E-state index >= 15 is 0 Å². The molecule has 0 aromatic heterocycles. The summed E-state index contributed by atoms with van der Waals surface area (Å²) in [6.07, 6.45) is 0.816. The van der Waals surface area contributed by atoms with Gasteiger partial charge in [-0.15, -0.1) is 0 Å². The highest BCUT2D eigenvalue weighted by molar-refractivity contribution is 9.10. The number of halogens is 2. The summed E-state index contributed by atoms with van der Waals surface area (Å²) in [7, 11) is 0. The van der Waals surface area contributed by atoms with Crippen LogP contribution in [-0.2, 0) is 0 Å². The molecule has 2 rings (SSSR count). The predicted octanol–water partition coefficient (Wildman–Crippen LogP) is 4.55. The Morgan fingerprint density at radius 2 is 1.82 bits per heavy atom. The van der Waals surface area contributed by atoms with Gasteiger partial charge in [0.15, 0.2) is 6.29 Å². The lowest BCUT2D eigenvalue weighted by Crippen LogP contribution is -1.85. The fourth-order valence-corrected chi connectivity index (χ4v) is 2.60. The lowest BCUT2D eigenvalue weighted by molar-refractivity contribution is 0.112. The van der Waals surface area contributed by atoms with Crippen LogP contribution in [0, 0.1) is 5.82 Å². The van der Waals surface area contributed by atoms with Crippen LogP contribution >= 0.6 is 27.7 Å². The van der Waals surface area contributed by atoms with Crippen LogP contribution in [0.4, 0.5) is 4.39 Å². The van der Waals surface area contributed by atoms with Crippen molar-refractivity contribution in [3.8, 4) is 0 Å². The fraction of sp³-hybridized carbons (Fsp3) is 0. The van der Waals surface area contributed by atoms with Gasteiger partial charge in [-0.1, -0.05) is 27.7 Å². The van der Waals surface area contributed by atoms with E-state index in [0.29, 0.717) is 5.56 Å². The molecule has 4 heteroatoms. The second-order valence-corrected chi connectivity index (χ2v) is 5.39. The van der Waals surface area contributed by atoms with Crippen molar-refractivity contribution in [3.05, 3.63) is 58.3 Å². The Kier molecular flexibility index (Phi) is 3.97. The Morgan fingerprint density at radius 1 is 1.12 bits per heavy atom. The van der Waals surface area contributed by atoms with E-state index in [9.17, 15) is 9.18 Å². The predicted molar refractivity (Wildman–Crippen MR) is 70.1 cm³/mol. The van der Waals surface area contributed by atoms with E-state index in [1.165, 1.54) is 23.9 Å². The molecule has 17 heavy (non-hydrogen) atoms. The topological polar surface area (TPSA) is 17.1 Å². The van der Waals surface area contributed by atoms with Crippen LogP contribution in [-0.4, -0.2) is 6.29 Å². The number of hydrogen-bond donors (Lipinski definition) is 0. The summed E-state index contributed by atoms with van der Waals surface area (Å²) in [5.74, 6) is -0.263. The minimum atomic E-state index is -0.263. The van der Waals surface area contributed by atoms with Crippen LogP contribution in [0.15, 0.2) is 56.7 Å². The highest BCUT2D eigenvalue weighted by Gasteiger charge is 2.04. The standard InChI is InChI=1S/C13H8BrFOS/c14-10-1-6-13(9(7-10)8-16)17-12-4-2-11(15)3-5-12/h1-8H. The summed E-state index contributed by atoms with van der Waals surface area (Å²) in [5.41, 5.74) is 0.619. The lowest BCUT2D eigenvalue weighted by atomic mass is 10.2. The van der Waals surface area contributed by atoms with Gasteiger partial charge in [0, 0.05) is 19.8 Å². The Bertz CT molecular complexity index is 540. The zero-order valence-electron chi connectivity index (χ0n) is 8.69. The van der Waals surface area contributed by atoms with Crippen molar-refractivity contribution in [1.82, 2.24) is 0 Å². The van der Waals surface area contributed by atoms with Crippen molar-refractivity contribution < 1.29 is 9.18 Å². The molecule has 2 aromatic carbocycles.